The number of hydrogen-bond acceptors (Lipinski definition) is 4. The molecular weight excluding hydrogens is 362 g/mol. The molecule has 2 aromatic carbocycles. The molecule has 0 aromatic heterocycles. The van der Waals surface area contributed by atoms with Crippen LogP contribution < -0.4 is 5.32 Å². The highest BCUT2D eigenvalue weighted by Gasteiger charge is 2.66. The van der Waals surface area contributed by atoms with Crippen LogP contribution in [0.3, 0.4) is 0 Å². The fraction of sp³-hybridized carbons (Fsp3) is 0.250. The highest BCUT2D eigenvalue weighted by Crippen LogP contribution is 2.56. The van der Waals surface area contributed by atoms with Gasteiger partial charge in [0.2, 0.25) is 0 Å². The van der Waals surface area contributed by atoms with Gasteiger partial charge in [0.05, 0.1) is 6.54 Å². The largest absolute Gasteiger partial charge is 0.329 e. The van der Waals surface area contributed by atoms with E-state index in [1.165, 1.54) is 21.6 Å². The van der Waals surface area contributed by atoms with Gasteiger partial charge in [-0.05, 0) is 18.6 Å². The first-order valence-corrected chi connectivity index (χ1v) is 9.76. The minimum Gasteiger partial charge on any atom is -0.323 e. The van der Waals surface area contributed by atoms with Crippen molar-refractivity contribution in [2.75, 3.05) is 11.1 Å². The van der Waals surface area contributed by atoms with E-state index in [0.717, 1.165) is 16.7 Å². The lowest BCUT2D eigenvalue weighted by atomic mass is 10.0. The number of aryl methyl sites for hydroxylation is 1. The SMILES string of the molecule is Cc1ccc2c(c1)[C@@]1(SC[C@H]3C(=O)N(Cc4ccccc4)C(=O)N31)C(=O)N2. The summed E-state index contributed by atoms with van der Waals surface area (Å²) >= 11 is 1.37. The van der Waals surface area contributed by atoms with Crippen LogP contribution in [0.25, 0.3) is 0 Å². The predicted molar refractivity (Wildman–Crippen MR) is 102 cm³/mol. The summed E-state index contributed by atoms with van der Waals surface area (Å²) in [6.45, 7) is 2.17. The molecule has 2 saturated heterocycles. The molecule has 0 aliphatic carbocycles. The molecule has 5 rings (SSSR count). The molecule has 3 heterocycles. The number of fused-ring (bicyclic) bond motifs is 4. The van der Waals surface area contributed by atoms with Crippen molar-refractivity contribution < 1.29 is 14.4 Å². The summed E-state index contributed by atoms with van der Waals surface area (Å²) in [6, 6.07) is 14.1. The molecule has 0 saturated carbocycles. The molecule has 3 aliphatic heterocycles. The quantitative estimate of drug-likeness (QED) is 0.815. The Balaban J connectivity index is 1.56. The lowest BCUT2D eigenvalue weighted by Gasteiger charge is -2.31. The Morgan fingerprint density at radius 3 is 2.70 bits per heavy atom. The van der Waals surface area contributed by atoms with E-state index < -0.39 is 16.9 Å². The molecule has 6 nitrogen and oxygen atoms in total. The van der Waals surface area contributed by atoms with E-state index in [1.54, 1.807) is 0 Å². The second-order valence-corrected chi connectivity index (χ2v) is 8.25. The Bertz CT molecular complexity index is 993. The van der Waals surface area contributed by atoms with Crippen molar-refractivity contribution in [1.82, 2.24) is 9.80 Å². The molecule has 7 heteroatoms. The predicted octanol–water partition coefficient (Wildman–Crippen LogP) is 2.68. The third-order valence-electron chi connectivity index (χ3n) is 5.37. The van der Waals surface area contributed by atoms with E-state index in [-0.39, 0.29) is 18.4 Å². The molecule has 2 aromatic rings. The Labute approximate surface area is 160 Å². The van der Waals surface area contributed by atoms with Gasteiger partial charge in [-0.3, -0.25) is 19.4 Å². The topological polar surface area (TPSA) is 69.7 Å². The first-order valence-electron chi connectivity index (χ1n) is 8.77. The van der Waals surface area contributed by atoms with Gasteiger partial charge in [-0.2, -0.15) is 0 Å². The highest BCUT2D eigenvalue weighted by atomic mass is 32.2. The second-order valence-electron chi connectivity index (χ2n) is 7.04. The molecular formula is C20H17N3O3S. The van der Waals surface area contributed by atoms with Crippen LogP contribution in [0.5, 0.6) is 0 Å². The van der Waals surface area contributed by atoms with E-state index in [2.05, 4.69) is 5.32 Å². The third kappa shape index (κ3) is 2.12. The highest BCUT2D eigenvalue weighted by molar-refractivity contribution is 8.01. The summed E-state index contributed by atoms with van der Waals surface area (Å²) < 4.78 is 0. The van der Waals surface area contributed by atoms with Crippen molar-refractivity contribution >= 4 is 35.3 Å². The van der Waals surface area contributed by atoms with Gasteiger partial charge in [0, 0.05) is 17.0 Å². The Morgan fingerprint density at radius 2 is 1.93 bits per heavy atom. The number of carbonyl (C=O) groups excluding carboxylic acids is 3. The summed E-state index contributed by atoms with van der Waals surface area (Å²) in [4.78, 5) is 40.8. The maximum Gasteiger partial charge on any atom is 0.329 e. The zero-order valence-electron chi connectivity index (χ0n) is 14.6. The van der Waals surface area contributed by atoms with E-state index >= 15 is 0 Å². The lowest BCUT2D eigenvalue weighted by molar-refractivity contribution is -0.128. The molecule has 2 fully saturated rings. The van der Waals surface area contributed by atoms with Crippen LogP contribution in [0, 0.1) is 6.92 Å². The van der Waals surface area contributed by atoms with Crippen LogP contribution in [0.15, 0.2) is 48.5 Å². The fourth-order valence-electron chi connectivity index (χ4n) is 4.09. The average Bonchev–Trinajstić information content (AvgIpc) is 3.27. The number of nitrogens with one attached hydrogen (secondary N) is 1. The monoisotopic (exact) mass is 379 g/mol. The summed E-state index contributed by atoms with van der Waals surface area (Å²) in [6.07, 6.45) is 0. The Hall–Kier alpha value is -2.80. The molecule has 3 aliphatic rings. The Morgan fingerprint density at radius 1 is 1.15 bits per heavy atom. The molecule has 4 amide bonds. The minimum absolute atomic E-state index is 0.217. The zero-order chi connectivity index (χ0) is 18.8. The first kappa shape index (κ1) is 16.4. The number of urea groups is 1. The lowest BCUT2D eigenvalue weighted by Crippen LogP contribution is -2.49. The van der Waals surface area contributed by atoms with Gasteiger partial charge < -0.3 is 5.32 Å². The van der Waals surface area contributed by atoms with Gasteiger partial charge in [0.25, 0.3) is 11.8 Å². The number of thioether (sulfide) groups is 1. The van der Waals surface area contributed by atoms with Gasteiger partial charge in [-0.1, -0.05) is 48.0 Å². The van der Waals surface area contributed by atoms with Crippen molar-refractivity contribution in [3.05, 3.63) is 65.2 Å². The van der Waals surface area contributed by atoms with E-state index in [4.69, 9.17) is 0 Å². The maximum absolute atomic E-state index is 13.2. The number of carbonyl (C=O) groups is 3. The third-order valence-corrected chi connectivity index (χ3v) is 6.87. The van der Waals surface area contributed by atoms with Gasteiger partial charge in [0.1, 0.15) is 6.04 Å². The van der Waals surface area contributed by atoms with E-state index in [9.17, 15) is 14.4 Å². The van der Waals surface area contributed by atoms with Crippen LogP contribution in [0.2, 0.25) is 0 Å². The molecule has 1 N–H and O–H groups in total. The Kier molecular flexibility index (Phi) is 3.40. The van der Waals surface area contributed by atoms with Crippen LogP contribution in [0.4, 0.5) is 10.5 Å². The van der Waals surface area contributed by atoms with Crippen molar-refractivity contribution in [2.24, 2.45) is 0 Å². The van der Waals surface area contributed by atoms with Gasteiger partial charge in [-0.15, -0.1) is 11.8 Å². The normalized spacial score (nSPS) is 26.0. The molecule has 1 spiro atoms. The fourth-order valence-corrected chi connectivity index (χ4v) is 5.63. The van der Waals surface area contributed by atoms with Gasteiger partial charge >= 0.3 is 6.03 Å². The molecule has 0 unspecified atom stereocenters. The number of rotatable bonds is 2. The van der Waals surface area contributed by atoms with Crippen LogP contribution in [-0.2, 0) is 21.0 Å². The van der Waals surface area contributed by atoms with Crippen LogP contribution in [0.1, 0.15) is 16.7 Å². The number of hydrogen-bond donors (Lipinski definition) is 1. The second kappa shape index (κ2) is 5.60. The molecule has 0 bridgehead atoms. The van der Waals surface area contributed by atoms with E-state index in [0.29, 0.717) is 11.4 Å². The number of anilines is 1. The molecule has 136 valence electrons. The first-order chi connectivity index (χ1) is 13.0. The number of nitrogens with zero attached hydrogens (tertiary/aromatic N) is 2. The number of benzene rings is 2. The molecule has 27 heavy (non-hydrogen) atoms. The van der Waals surface area contributed by atoms with Crippen molar-refractivity contribution in [1.29, 1.82) is 0 Å². The van der Waals surface area contributed by atoms with E-state index in [1.807, 2.05) is 55.5 Å². The summed E-state index contributed by atoms with van der Waals surface area (Å²) in [7, 11) is 0. The van der Waals surface area contributed by atoms with Gasteiger partial charge in [-0.25, -0.2) is 4.79 Å². The summed E-state index contributed by atoms with van der Waals surface area (Å²) in [5.41, 5.74) is 3.37. The standard InChI is InChI=1S/C20H17N3O3S/c1-12-7-8-15-14(9-12)20(18(25)21-15)23-16(11-27-20)17(24)22(19(23)26)10-13-5-3-2-4-6-13/h2-9,16H,10-11H2,1H3,(H,21,25)/t16-,20+/m0/s1. The smallest absolute Gasteiger partial charge is 0.323 e. The number of imide groups is 1. The van der Waals surface area contributed by atoms with Crippen LogP contribution >= 0.6 is 11.8 Å². The van der Waals surface area contributed by atoms with Crippen LogP contribution in [-0.4, -0.2) is 39.4 Å². The number of amides is 4. The maximum atomic E-state index is 13.2. The van der Waals surface area contributed by atoms with Crippen molar-refractivity contribution in [3.63, 3.8) is 0 Å². The molecule has 2 atom stereocenters. The zero-order valence-corrected chi connectivity index (χ0v) is 15.5. The summed E-state index contributed by atoms with van der Waals surface area (Å²) in [5.74, 6) is -0.0723. The molecule has 0 radical (unpaired) electrons. The van der Waals surface area contributed by atoms with Crippen molar-refractivity contribution in [3.8, 4) is 0 Å². The average molecular weight is 379 g/mol. The van der Waals surface area contributed by atoms with Gasteiger partial charge in [0.15, 0.2) is 4.87 Å². The summed E-state index contributed by atoms with van der Waals surface area (Å²) in [5, 5.41) is 2.89. The minimum atomic E-state index is -1.16. The van der Waals surface area contributed by atoms with Crippen molar-refractivity contribution in [2.45, 2.75) is 24.4 Å².